The zero-order valence-electron chi connectivity index (χ0n) is 13.6. The van der Waals surface area contributed by atoms with Crippen LogP contribution in [0.25, 0.3) is 10.8 Å². The normalized spacial score (nSPS) is 11.0. The third-order valence-corrected chi connectivity index (χ3v) is 3.92. The first-order valence-corrected chi connectivity index (χ1v) is 7.40. The highest BCUT2D eigenvalue weighted by molar-refractivity contribution is 6.02. The zero-order valence-corrected chi connectivity index (χ0v) is 13.6. The van der Waals surface area contributed by atoms with E-state index in [2.05, 4.69) is 5.10 Å². The Bertz CT molecular complexity index is 793. The van der Waals surface area contributed by atoms with Crippen LogP contribution in [0.5, 0.6) is 11.5 Å². The third kappa shape index (κ3) is 2.86. The standard InChI is InChI=1S/C16H20N2O5/c1-5-9(6-2)18-15(19)11-8-13(23-4)12(22-3)7-10(11)14(17-18)16(20)21/h7-9H,5-6H2,1-4H3,(H,20,21). The second-order valence-electron chi connectivity index (χ2n) is 5.13. The predicted molar refractivity (Wildman–Crippen MR) is 85.7 cm³/mol. The second kappa shape index (κ2) is 6.68. The molecular formula is C16H20N2O5. The summed E-state index contributed by atoms with van der Waals surface area (Å²) in [7, 11) is 2.91. The molecule has 23 heavy (non-hydrogen) atoms. The van der Waals surface area contributed by atoms with Crippen LogP contribution in [0, 0.1) is 0 Å². The van der Waals surface area contributed by atoms with Crippen LogP contribution in [0.4, 0.5) is 0 Å². The number of methoxy groups -OCH3 is 2. The maximum Gasteiger partial charge on any atom is 0.357 e. The molecule has 0 aliphatic heterocycles. The van der Waals surface area contributed by atoms with Crippen LogP contribution >= 0.6 is 0 Å². The van der Waals surface area contributed by atoms with Gasteiger partial charge in [0.25, 0.3) is 5.56 Å². The van der Waals surface area contributed by atoms with Crippen molar-refractivity contribution in [1.29, 1.82) is 0 Å². The van der Waals surface area contributed by atoms with E-state index in [9.17, 15) is 14.7 Å². The summed E-state index contributed by atoms with van der Waals surface area (Å²) < 4.78 is 11.7. The van der Waals surface area contributed by atoms with E-state index < -0.39 is 5.97 Å². The van der Waals surface area contributed by atoms with E-state index in [1.54, 1.807) is 0 Å². The van der Waals surface area contributed by atoms with E-state index in [1.807, 2.05) is 13.8 Å². The van der Waals surface area contributed by atoms with Gasteiger partial charge in [0.1, 0.15) is 0 Å². The molecule has 0 aliphatic rings. The lowest BCUT2D eigenvalue weighted by Crippen LogP contribution is -2.29. The average molecular weight is 320 g/mol. The van der Waals surface area contributed by atoms with Crippen LogP contribution in [-0.2, 0) is 0 Å². The fourth-order valence-corrected chi connectivity index (χ4v) is 2.62. The molecule has 0 bridgehead atoms. The van der Waals surface area contributed by atoms with Crippen LogP contribution in [0.15, 0.2) is 16.9 Å². The van der Waals surface area contributed by atoms with Gasteiger partial charge in [-0.05, 0) is 25.0 Å². The Morgan fingerprint density at radius 1 is 1.17 bits per heavy atom. The molecule has 0 fully saturated rings. The zero-order chi connectivity index (χ0) is 17.1. The SMILES string of the molecule is CCC(CC)n1nc(C(=O)O)c2cc(OC)c(OC)cc2c1=O. The van der Waals surface area contributed by atoms with E-state index in [1.165, 1.54) is 31.0 Å². The summed E-state index contributed by atoms with van der Waals surface area (Å²) in [5, 5.41) is 14.0. The van der Waals surface area contributed by atoms with Gasteiger partial charge in [0.2, 0.25) is 0 Å². The Hall–Kier alpha value is -2.57. The van der Waals surface area contributed by atoms with E-state index in [0.717, 1.165) is 0 Å². The van der Waals surface area contributed by atoms with E-state index in [4.69, 9.17) is 9.47 Å². The first-order valence-electron chi connectivity index (χ1n) is 7.40. The number of carboxylic acids is 1. The molecule has 0 radical (unpaired) electrons. The van der Waals surface area contributed by atoms with Gasteiger partial charge in [0.15, 0.2) is 17.2 Å². The Morgan fingerprint density at radius 2 is 1.70 bits per heavy atom. The summed E-state index contributed by atoms with van der Waals surface area (Å²) in [6, 6.07) is 2.82. The molecule has 2 rings (SSSR count). The molecule has 1 heterocycles. The molecule has 7 heteroatoms. The largest absolute Gasteiger partial charge is 0.493 e. The lowest BCUT2D eigenvalue weighted by Gasteiger charge is -2.17. The van der Waals surface area contributed by atoms with Crippen LogP contribution in [0.1, 0.15) is 43.2 Å². The van der Waals surface area contributed by atoms with Gasteiger partial charge < -0.3 is 14.6 Å². The van der Waals surface area contributed by atoms with Crippen molar-refractivity contribution in [2.24, 2.45) is 0 Å². The Kier molecular flexibility index (Phi) is 4.88. The van der Waals surface area contributed by atoms with Crippen molar-refractivity contribution in [3.8, 4) is 11.5 Å². The number of ether oxygens (including phenoxy) is 2. The molecule has 1 aromatic carbocycles. The van der Waals surface area contributed by atoms with Gasteiger partial charge in [-0.15, -0.1) is 0 Å². The number of carbonyl (C=O) groups is 1. The van der Waals surface area contributed by atoms with Crippen molar-refractivity contribution in [2.45, 2.75) is 32.7 Å². The molecule has 0 saturated heterocycles. The Morgan fingerprint density at radius 3 is 2.13 bits per heavy atom. The monoisotopic (exact) mass is 320 g/mol. The molecule has 0 aliphatic carbocycles. The van der Waals surface area contributed by atoms with Gasteiger partial charge in [0, 0.05) is 5.39 Å². The quantitative estimate of drug-likeness (QED) is 0.879. The third-order valence-electron chi connectivity index (χ3n) is 3.92. The van der Waals surface area contributed by atoms with Crippen LogP contribution in [-0.4, -0.2) is 35.1 Å². The topological polar surface area (TPSA) is 90.7 Å². The molecule has 0 amide bonds. The molecule has 0 unspecified atom stereocenters. The van der Waals surface area contributed by atoms with Gasteiger partial charge >= 0.3 is 5.97 Å². The highest BCUT2D eigenvalue weighted by atomic mass is 16.5. The van der Waals surface area contributed by atoms with E-state index in [0.29, 0.717) is 24.3 Å². The summed E-state index contributed by atoms with van der Waals surface area (Å²) in [6.45, 7) is 3.86. The molecule has 0 spiro atoms. The summed E-state index contributed by atoms with van der Waals surface area (Å²) >= 11 is 0. The van der Waals surface area contributed by atoms with Gasteiger partial charge in [-0.2, -0.15) is 5.10 Å². The van der Waals surface area contributed by atoms with Gasteiger partial charge in [-0.1, -0.05) is 13.8 Å². The van der Waals surface area contributed by atoms with Crippen molar-refractivity contribution in [1.82, 2.24) is 9.78 Å². The van der Waals surface area contributed by atoms with Crippen LogP contribution in [0.2, 0.25) is 0 Å². The number of hydrogen-bond donors (Lipinski definition) is 1. The Labute approximate surface area is 133 Å². The molecule has 1 aromatic heterocycles. The first-order chi connectivity index (χ1) is 11.0. The van der Waals surface area contributed by atoms with Gasteiger partial charge in [-0.3, -0.25) is 4.79 Å². The number of rotatable bonds is 6. The van der Waals surface area contributed by atoms with Crippen molar-refractivity contribution < 1.29 is 19.4 Å². The number of carboxylic acid groups (broad SMARTS) is 1. The summed E-state index contributed by atoms with van der Waals surface area (Å²) in [5.74, 6) is -0.471. The molecule has 0 saturated carbocycles. The van der Waals surface area contributed by atoms with Crippen molar-refractivity contribution in [3.63, 3.8) is 0 Å². The fraction of sp³-hybridized carbons (Fsp3) is 0.438. The summed E-state index contributed by atoms with van der Waals surface area (Å²) in [5.41, 5.74) is -0.507. The average Bonchev–Trinajstić information content (AvgIpc) is 2.56. The smallest absolute Gasteiger partial charge is 0.357 e. The second-order valence-corrected chi connectivity index (χ2v) is 5.13. The summed E-state index contributed by atoms with van der Waals surface area (Å²) in [6.07, 6.45) is 1.36. The molecule has 124 valence electrons. The lowest BCUT2D eigenvalue weighted by atomic mass is 10.1. The number of aromatic carboxylic acids is 1. The highest BCUT2D eigenvalue weighted by Crippen LogP contribution is 2.32. The predicted octanol–water partition coefficient (Wildman–Crippen LogP) is 2.47. The van der Waals surface area contributed by atoms with Gasteiger partial charge in [0.05, 0.1) is 25.6 Å². The number of benzene rings is 1. The minimum absolute atomic E-state index is 0.155. The molecule has 0 atom stereocenters. The van der Waals surface area contributed by atoms with Gasteiger partial charge in [-0.25, -0.2) is 9.48 Å². The number of aromatic nitrogens is 2. The van der Waals surface area contributed by atoms with E-state index in [-0.39, 0.29) is 28.1 Å². The molecule has 1 N–H and O–H groups in total. The molecule has 2 aromatic rings. The van der Waals surface area contributed by atoms with Crippen LogP contribution < -0.4 is 15.0 Å². The maximum atomic E-state index is 12.7. The summed E-state index contributed by atoms with van der Waals surface area (Å²) in [4.78, 5) is 24.3. The first kappa shape index (κ1) is 16.8. The Balaban J connectivity index is 2.92. The lowest BCUT2D eigenvalue weighted by molar-refractivity contribution is 0.0689. The van der Waals surface area contributed by atoms with Crippen molar-refractivity contribution >= 4 is 16.7 Å². The van der Waals surface area contributed by atoms with Crippen molar-refractivity contribution in [3.05, 3.63) is 28.2 Å². The highest BCUT2D eigenvalue weighted by Gasteiger charge is 2.21. The fourth-order valence-electron chi connectivity index (χ4n) is 2.62. The molecule has 7 nitrogen and oxygen atoms in total. The minimum atomic E-state index is -1.19. The minimum Gasteiger partial charge on any atom is -0.493 e. The van der Waals surface area contributed by atoms with Crippen LogP contribution in [0.3, 0.4) is 0 Å². The van der Waals surface area contributed by atoms with E-state index >= 15 is 0 Å². The molecular weight excluding hydrogens is 300 g/mol. The van der Waals surface area contributed by atoms with Crippen molar-refractivity contribution in [2.75, 3.05) is 14.2 Å². The number of fused-ring (bicyclic) bond motifs is 1. The maximum absolute atomic E-state index is 12.7. The number of nitrogens with zero attached hydrogens (tertiary/aromatic N) is 2. The number of hydrogen-bond acceptors (Lipinski definition) is 5.